The third-order valence-electron chi connectivity index (χ3n) is 2.11. The molecule has 0 aliphatic heterocycles. The van der Waals surface area contributed by atoms with Gasteiger partial charge in [-0.3, -0.25) is 0 Å². The molecule has 84 valence electrons. The van der Waals surface area contributed by atoms with Crippen LogP contribution in [0.1, 0.15) is 19.2 Å². The Morgan fingerprint density at radius 1 is 1.38 bits per heavy atom. The Hall–Kier alpha value is -0.450. The molecule has 0 atom stereocenters. The van der Waals surface area contributed by atoms with Crippen molar-refractivity contribution >= 4 is 38.9 Å². The van der Waals surface area contributed by atoms with E-state index in [1.165, 1.54) is 0 Å². The summed E-state index contributed by atoms with van der Waals surface area (Å²) >= 11 is 11.1. The molecular weight excluding hydrogens is 308 g/mol. The molecule has 5 heteroatoms. The van der Waals surface area contributed by atoms with Crippen LogP contribution in [0.25, 0.3) is 11.3 Å². The number of thiophene rings is 1. The lowest BCUT2D eigenvalue weighted by molar-refractivity contribution is 0.836. The van der Waals surface area contributed by atoms with Gasteiger partial charge in [-0.1, -0.05) is 18.5 Å². The van der Waals surface area contributed by atoms with Crippen LogP contribution in [0.3, 0.4) is 0 Å². The zero-order chi connectivity index (χ0) is 11.5. The smallest absolute Gasteiger partial charge is 0.133 e. The molecule has 2 nitrogen and oxygen atoms in total. The van der Waals surface area contributed by atoms with Crippen LogP contribution >= 0.6 is 38.9 Å². The van der Waals surface area contributed by atoms with Crippen LogP contribution in [0.5, 0.6) is 0 Å². The number of halogens is 2. The van der Waals surface area contributed by atoms with Crippen molar-refractivity contribution in [3.8, 4) is 11.3 Å². The van der Waals surface area contributed by atoms with Gasteiger partial charge in [-0.05, 0) is 22.4 Å². The first kappa shape index (κ1) is 12.0. The van der Waals surface area contributed by atoms with E-state index in [-0.39, 0.29) is 0 Å². The molecule has 0 aliphatic carbocycles. The van der Waals surface area contributed by atoms with Crippen LogP contribution in [0.2, 0.25) is 5.15 Å². The topological polar surface area (TPSA) is 25.8 Å². The van der Waals surface area contributed by atoms with Crippen LogP contribution in [0, 0.1) is 0 Å². The molecule has 0 spiro atoms. The Bertz CT molecular complexity index is 498. The first-order valence-corrected chi connectivity index (χ1v) is 7.07. The highest BCUT2D eigenvalue weighted by atomic mass is 79.9. The second-order valence-electron chi connectivity index (χ2n) is 3.38. The molecule has 0 saturated carbocycles. The minimum atomic E-state index is 0.506. The van der Waals surface area contributed by atoms with Crippen molar-refractivity contribution in [3.63, 3.8) is 0 Å². The summed E-state index contributed by atoms with van der Waals surface area (Å²) in [5, 5.41) is 4.59. The van der Waals surface area contributed by atoms with E-state index in [4.69, 9.17) is 11.6 Å². The van der Waals surface area contributed by atoms with Crippen molar-refractivity contribution in [1.29, 1.82) is 0 Å². The van der Waals surface area contributed by atoms with Gasteiger partial charge >= 0.3 is 0 Å². The summed E-state index contributed by atoms with van der Waals surface area (Å²) in [6, 6.07) is 1.80. The second kappa shape index (κ2) is 5.25. The van der Waals surface area contributed by atoms with Crippen molar-refractivity contribution in [2.45, 2.75) is 19.8 Å². The van der Waals surface area contributed by atoms with E-state index in [9.17, 15) is 0 Å². The van der Waals surface area contributed by atoms with Gasteiger partial charge in [-0.2, -0.15) is 11.3 Å². The summed E-state index contributed by atoms with van der Waals surface area (Å²) in [6.45, 7) is 2.10. The van der Waals surface area contributed by atoms with E-state index >= 15 is 0 Å². The van der Waals surface area contributed by atoms with Crippen LogP contribution < -0.4 is 0 Å². The van der Waals surface area contributed by atoms with Gasteiger partial charge in [0.2, 0.25) is 0 Å². The largest absolute Gasteiger partial charge is 0.233 e. The number of rotatable bonds is 3. The van der Waals surface area contributed by atoms with Gasteiger partial charge in [0.25, 0.3) is 0 Å². The molecule has 2 rings (SSSR count). The van der Waals surface area contributed by atoms with E-state index in [1.54, 1.807) is 17.4 Å². The molecule has 16 heavy (non-hydrogen) atoms. The van der Waals surface area contributed by atoms with Crippen LogP contribution in [0.4, 0.5) is 0 Å². The van der Waals surface area contributed by atoms with E-state index in [2.05, 4.69) is 38.2 Å². The molecule has 0 amide bonds. The SMILES string of the molecule is CCCc1nc(Cl)cc(-c2cscc2Br)n1. The molecular formula is C11H10BrClN2S. The number of aromatic nitrogens is 2. The van der Waals surface area contributed by atoms with Gasteiger partial charge in [0.1, 0.15) is 11.0 Å². The maximum atomic E-state index is 5.99. The predicted octanol–water partition coefficient (Wildman–Crippen LogP) is 4.57. The van der Waals surface area contributed by atoms with Crippen molar-refractivity contribution in [1.82, 2.24) is 9.97 Å². The van der Waals surface area contributed by atoms with Gasteiger partial charge in [-0.15, -0.1) is 0 Å². The lowest BCUT2D eigenvalue weighted by Crippen LogP contribution is -1.96. The quantitative estimate of drug-likeness (QED) is 0.775. The molecule has 0 saturated heterocycles. The highest BCUT2D eigenvalue weighted by molar-refractivity contribution is 9.10. The predicted molar refractivity (Wildman–Crippen MR) is 72.1 cm³/mol. The molecule has 2 aromatic rings. The maximum Gasteiger partial charge on any atom is 0.133 e. The summed E-state index contributed by atoms with van der Waals surface area (Å²) < 4.78 is 1.05. The summed E-state index contributed by atoms with van der Waals surface area (Å²) in [5.41, 5.74) is 1.96. The minimum Gasteiger partial charge on any atom is -0.233 e. The average Bonchev–Trinajstić information content (AvgIpc) is 2.64. The van der Waals surface area contributed by atoms with E-state index in [0.29, 0.717) is 5.15 Å². The standard InChI is InChI=1S/C11H10BrClN2S/c1-2-3-11-14-9(4-10(13)15-11)7-5-16-6-8(7)12/h4-6H,2-3H2,1H3. The third kappa shape index (κ3) is 2.62. The summed E-state index contributed by atoms with van der Waals surface area (Å²) in [4.78, 5) is 8.71. The minimum absolute atomic E-state index is 0.506. The van der Waals surface area contributed by atoms with Crippen LogP contribution in [0.15, 0.2) is 21.3 Å². The first-order chi connectivity index (χ1) is 7.70. The molecule has 0 unspecified atom stereocenters. The number of nitrogens with zero attached hydrogens (tertiary/aromatic N) is 2. The molecule has 0 N–H and O–H groups in total. The zero-order valence-electron chi connectivity index (χ0n) is 8.70. The lowest BCUT2D eigenvalue weighted by Gasteiger charge is -2.03. The second-order valence-corrected chi connectivity index (χ2v) is 5.36. The average molecular weight is 318 g/mol. The van der Waals surface area contributed by atoms with Gasteiger partial charge in [0.15, 0.2) is 0 Å². The fourth-order valence-electron chi connectivity index (χ4n) is 1.40. The lowest BCUT2D eigenvalue weighted by atomic mass is 10.2. The first-order valence-electron chi connectivity index (χ1n) is 4.96. The van der Waals surface area contributed by atoms with E-state index in [1.807, 2.05) is 5.38 Å². The van der Waals surface area contributed by atoms with Crippen molar-refractivity contribution in [2.75, 3.05) is 0 Å². The van der Waals surface area contributed by atoms with Crippen LogP contribution in [-0.4, -0.2) is 9.97 Å². The van der Waals surface area contributed by atoms with Crippen molar-refractivity contribution < 1.29 is 0 Å². The summed E-state index contributed by atoms with van der Waals surface area (Å²) in [6.07, 6.45) is 1.87. The normalized spacial score (nSPS) is 10.7. The Labute approximate surface area is 112 Å². The van der Waals surface area contributed by atoms with Crippen molar-refractivity contribution in [3.05, 3.63) is 32.3 Å². The Morgan fingerprint density at radius 2 is 2.19 bits per heavy atom. The van der Waals surface area contributed by atoms with Gasteiger partial charge in [-0.25, -0.2) is 9.97 Å². The molecule has 0 aliphatic rings. The molecule has 2 aromatic heterocycles. The van der Waals surface area contributed by atoms with E-state index < -0.39 is 0 Å². The monoisotopic (exact) mass is 316 g/mol. The Balaban J connectivity index is 2.45. The molecule has 0 bridgehead atoms. The Kier molecular flexibility index (Phi) is 3.95. The van der Waals surface area contributed by atoms with Crippen LogP contribution in [-0.2, 0) is 6.42 Å². The summed E-state index contributed by atoms with van der Waals surface area (Å²) in [7, 11) is 0. The van der Waals surface area contributed by atoms with E-state index in [0.717, 1.165) is 34.4 Å². The maximum absolute atomic E-state index is 5.99. The molecule has 0 fully saturated rings. The third-order valence-corrected chi connectivity index (χ3v) is 4.00. The molecule has 0 aromatic carbocycles. The number of aryl methyl sites for hydroxylation is 1. The number of hydrogen-bond donors (Lipinski definition) is 0. The molecule has 0 radical (unpaired) electrons. The summed E-state index contributed by atoms with van der Waals surface area (Å²) in [5.74, 6) is 0.808. The fraction of sp³-hybridized carbons (Fsp3) is 0.273. The zero-order valence-corrected chi connectivity index (χ0v) is 11.9. The number of hydrogen-bond acceptors (Lipinski definition) is 3. The Morgan fingerprint density at radius 3 is 2.81 bits per heavy atom. The van der Waals surface area contributed by atoms with Crippen molar-refractivity contribution in [2.24, 2.45) is 0 Å². The van der Waals surface area contributed by atoms with Gasteiger partial charge < -0.3 is 0 Å². The highest BCUT2D eigenvalue weighted by Crippen LogP contribution is 2.31. The highest BCUT2D eigenvalue weighted by Gasteiger charge is 2.08. The molecule has 2 heterocycles. The van der Waals surface area contributed by atoms with Gasteiger partial charge in [0.05, 0.1) is 5.69 Å². The fourth-order valence-corrected chi connectivity index (χ4v) is 3.09. The van der Waals surface area contributed by atoms with Gasteiger partial charge in [0, 0.05) is 33.3 Å².